The second-order valence-corrected chi connectivity index (χ2v) is 3.59. The largest absolute Gasteiger partial charge is 0.389 e. The normalized spacial score (nSPS) is 19.7. The van der Waals surface area contributed by atoms with E-state index in [1.165, 1.54) is 11.1 Å². The molecule has 2 rings (SSSR count). The lowest BCUT2D eigenvalue weighted by molar-refractivity contribution is 0.800. The molecule has 1 unspecified atom stereocenters. The average Bonchev–Trinajstić information content (AvgIpc) is 2.65. The molecule has 2 nitrogen and oxygen atoms in total. The Bertz CT molecular complexity index is 413. The van der Waals surface area contributed by atoms with E-state index in [4.69, 9.17) is 5.26 Å². The highest BCUT2D eigenvalue weighted by Gasteiger charge is 2.20. The lowest BCUT2D eigenvalue weighted by Crippen LogP contribution is -2.08. The maximum Gasteiger partial charge on any atom is 0.0969 e. The summed E-state index contributed by atoms with van der Waals surface area (Å²) in [6.45, 7) is 2.91. The molecule has 0 spiro atoms. The number of hydrogen-bond acceptors (Lipinski definition) is 2. The molecule has 0 bridgehead atoms. The first kappa shape index (κ1) is 8.83. The molecule has 0 amide bonds. The van der Waals surface area contributed by atoms with Gasteiger partial charge in [-0.1, -0.05) is 29.8 Å². The van der Waals surface area contributed by atoms with Crippen LogP contribution in [0.2, 0.25) is 0 Å². The van der Waals surface area contributed by atoms with E-state index in [0.29, 0.717) is 0 Å². The Morgan fingerprint density at radius 1 is 1.50 bits per heavy atom. The molecule has 1 heterocycles. The fourth-order valence-electron chi connectivity index (χ4n) is 1.79. The second-order valence-electron chi connectivity index (χ2n) is 3.59. The standard InChI is InChI=1S/C12H12N2/c1-9-3-2-4-10(5-9)12-8-14-7-11(12)6-13/h2-5,7,12,14H,8H2,1H3. The molecule has 0 saturated carbocycles. The van der Waals surface area contributed by atoms with E-state index in [0.717, 1.165) is 12.1 Å². The summed E-state index contributed by atoms with van der Waals surface area (Å²) in [4.78, 5) is 0. The van der Waals surface area contributed by atoms with E-state index in [1.807, 2.05) is 12.3 Å². The summed E-state index contributed by atoms with van der Waals surface area (Å²) in [6.07, 6.45) is 1.81. The minimum Gasteiger partial charge on any atom is -0.389 e. The van der Waals surface area contributed by atoms with Crippen molar-refractivity contribution in [3.8, 4) is 6.07 Å². The minimum absolute atomic E-state index is 0.236. The van der Waals surface area contributed by atoms with Crippen LogP contribution in [0.15, 0.2) is 36.0 Å². The van der Waals surface area contributed by atoms with E-state index < -0.39 is 0 Å². The van der Waals surface area contributed by atoms with Gasteiger partial charge in [0.2, 0.25) is 0 Å². The maximum absolute atomic E-state index is 8.91. The quantitative estimate of drug-likeness (QED) is 0.725. The molecule has 1 aromatic carbocycles. The Morgan fingerprint density at radius 3 is 3.07 bits per heavy atom. The molecule has 1 N–H and O–H groups in total. The smallest absolute Gasteiger partial charge is 0.0969 e. The summed E-state index contributed by atoms with van der Waals surface area (Å²) in [5, 5.41) is 12.0. The Balaban J connectivity index is 2.33. The van der Waals surface area contributed by atoms with Gasteiger partial charge in [0, 0.05) is 18.7 Å². The highest BCUT2D eigenvalue weighted by atomic mass is 14.9. The summed E-state index contributed by atoms with van der Waals surface area (Å²) >= 11 is 0. The Hall–Kier alpha value is -1.75. The third-order valence-electron chi connectivity index (χ3n) is 2.53. The van der Waals surface area contributed by atoms with E-state index in [9.17, 15) is 0 Å². The Labute approximate surface area is 83.9 Å². The van der Waals surface area contributed by atoms with Gasteiger partial charge in [-0.15, -0.1) is 0 Å². The molecule has 1 atom stereocenters. The Morgan fingerprint density at radius 2 is 2.36 bits per heavy atom. The molecule has 1 aliphatic heterocycles. The molecule has 0 aliphatic carbocycles. The molecule has 0 aromatic heterocycles. The van der Waals surface area contributed by atoms with Crippen LogP contribution in [0.1, 0.15) is 17.0 Å². The van der Waals surface area contributed by atoms with Crippen LogP contribution in [0.5, 0.6) is 0 Å². The first-order chi connectivity index (χ1) is 6.81. The van der Waals surface area contributed by atoms with Crippen molar-refractivity contribution in [1.29, 1.82) is 5.26 Å². The predicted molar refractivity (Wildman–Crippen MR) is 55.6 cm³/mol. The third kappa shape index (κ3) is 1.49. The lowest BCUT2D eigenvalue weighted by atomic mass is 9.93. The first-order valence-electron chi connectivity index (χ1n) is 4.71. The second kappa shape index (κ2) is 3.55. The predicted octanol–water partition coefficient (Wildman–Crippen LogP) is 2.09. The number of aryl methyl sites for hydroxylation is 1. The lowest BCUT2D eigenvalue weighted by Gasteiger charge is -2.10. The van der Waals surface area contributed by atoms with Gasteiger partial charge < -0.3 is 5.32 Å². The number of nitrogens with zero attached hydrogens (tertiary/aromatic N) is 1. The van der Waals surface area contributed by atoms with Gasteiger partial charge in [0.25, 0.3) is 0 Å². The van der Waals surface area contributed by atoms with Crippen molar-refractivity contribution in [2.24, 2.45) is 0 Å². The monoisotopic (exact) mass is 184 g/mol. The molecule has 0 fully saturated rings. The third-order valence-corrected chi connectivity index (χ3v) is 2.53. The van der Waals surface area contributed by atoms with Crippen LogP contribution in [0, 0.1) is 18.3 Å². The molecule has 70 valence electrons. The number of hydrogen-bond donors (Lipinski definition) is 1. The van der Waals surface area contributed by atoms with Crippen LogP contribution in [-0.2, 0) is 0 Å². The van der Waals surface area contributed by atoms with Crippen molar-refractivity contribution in [3.63, 3.8) is 0 Å². The average molecular weight is 184 g/mol. The summed E-state index contributed by atoms with van der Waals surface area (Å²) in [6, 6.07) is 10.6. The molecule has 1 aliphatic rings. The Kier molecular flexibility index (Phi) is 2.24. The van der Waals surface area contributed by atoms with Crippen LogP contribution < -0.4 is 5.32 Å². The summed E-state index contributed by atoms with van der Waals surface area (Å²) in [5.41, 5.74) is 3.30. The molecular weight excluding hydrogens is 172 g/mol. The van der Waals surface area contributed by atoms with Gasteiger partial charge in [0.05, 0.1) is 11.6 Å². The summed E-state index contributed by atoms with van der Waals surface area (Å²) < 4.78 is 0. The molecule has 1 aromatic rings. The van der Waals surface area contributed by atoms with Crippen molar-refractivity contribution in [2.45, 2.75) is 12.8 Å². The van der Waals surface area contributed by atoms with E-state index in [-0.39, 0.29) is 5.92 Å². The number of benzene rings is 1. The fraction of sp³-hybridized carbons (Fsp3) is 0.250. The van der Waals surface area contributed by atoms with Crippen LogP contribution >= 0.6 is 0 Å². The van der Waals surface area contributed by atoms with Crippen molar-refractivity contribution in [2.75, 3.05) is 6.54 Å². The van der Waals surface area contributed by atoms with Crippen molar-refractivity contribution in [3.05, 3.63) is 47.2 Å². The van der Waals surface area contributed by atoms with Crippen LogP contribution in [0.4, 0.5) is 0 Å². The summed E-state index contributed by atoms with van der Waals surface area (Å²) in [7, 11) is 0. The molecule has 0 radical (unpaired) electrons. The van der Waals surface area contributed by atoms with Gasteiger partial charge in [0.1, 0.15) is 0 Å². The van der Waals surface area contributed by atoms with Gasteiger partial charge in [0.15, 0.2) is 0 Å². The number of nitrogens with one attached hydrogen (secondary N) is 1. The molecule has 2 heteroatoms. The zero-order valence-corrected chi connectivity index (χ0v) is 8.12. The highest BCUT2D eigenvalue weighted by Crippen LogP contribution is 2.26. The minimum atomic E-state index is 0.236. The van der Waals surface area contributed by atoms with Gasteiger partial charge in [-0.2, -0.15) is 5.26 Å². The summed E-state index contributed by atoms with van der Waals surface area (Å²) in [5.74, 6) is 0.236. The topological polar surface area (TPSA) is 35.8 Å². The van der Waals surface area contributed by atoms with E-state index >= 15 is 0 Å². The SMILES string of the molecule is Cc1cccc(C2CNC=C2C#N)c1. The van der Waals surface area contributed by atoms with Crippen LogP contribution in [-0.4, -0.2) is 6.54 Å². The zero-order valence-electron chi connectivity index (χ0n) is 8.12. The van der Waals surface area contributed by atoms with Gasteiger partial charge in [-0.3, -0.25) is 0 Å². The van der Waals surface area contributed by atoms with E-state index in [1.54, 1.807) is 0 Å². The first-order valence-corrected chi connectivity index (χ1v) is 4.71. The van der Waals surface area contributed by atoms with Crippen LogP contribution in [0.25, 0.3) is 0 Å². The van der Waals surface area contributed by atoms with Crippen molar-refractivity contribution < 1.29 is 0 Å². The molecular formula is C12H12N2. The molecule has 14 heavy (non-hydrogen) atoms. The maximum atomic E-state index is 8.91. The number of nitriles is 1. The zero-order chi connectivity index (χ0) is 9.97. The molecule has 0 saturated heterocycles. The number of rotatable bonds is 1. The van der Waals surface area contributed by atoms with Gasteiger partial charge >= 0.3 is 0 Å². The van der Waals surface area contributed by atoms with Crippen LogP contribution in [0.3, 0.4) is 0 Å². The van der Waals surface area contributed by atoms with Gasteiger partial charge in [-0.05, 0) is 12.5 Å². The van der Waals surface area contributed by atoms with Crippen molar-refractivity contribution >= 4 is 0 Å². The fourth-order valence-corrected chi connectivity index (χ4v) is 1.79. The van der Waals surface area contributed by atoms with Crippen molar-refractivity contribution in [1.82, 2.24) is 5.32 Å². The van der Waals surface area contributed by atoms with E-state index in [2.05, 4.69) is 36.5 Å². The highest BCUT2D eigenvalue weighted by molar-refractivity contribution is 5.40. The van der Waals surface area contributed by atoms with Gasteiger partial charge in [-0.25, -0.2) is 0 Å².